The molecule has 0 aromatic carbocycles. The van der Waals surface area contributed by atoms with Gasteiger partial charge in [-0.05, 0) is 11.8 Å². The van der Waals surface area contributed by atoms with Crippen LogP contribution in [0, 0.1) is 11.8 Å². The fraction of sp³-hybridized carbons (Fsp3) is 1.00. The van der Waals surface area contributed by atoms with Gasteiger partial charge in [-0.15, -0.1) is 0 Å². The molecule has 0 bridgehead atoms. The molecule has 1 aliphatic carbocycles. The molecule has 0 unspecified atom stereocenters. The van der Waals surface area contributed by atoms with Gasteiger partial charge in [-0.3, -0.25) is 0 Å². The van der Waals surface area contributed by atoms with E-state index in [-0.39, 0.29) is 0 Å². The maximum atomic E-state index is 5.59. The SMILES string of the molecule is [B]CC1CCC(CC)CC1. The first kappa shape index (κ1) is 8.16. The van der Waals surface area contributed by atoms with Crippen molar-refractivity contribution in [3.63, 3.8) is 0 Å². The molecule has 1 saturated carbocycles. The van der Waals surface area contributed by atoms with Crippen molar-refractivity contribution < 1.29 is 0 Å². The molecule has 0 amide bonds. The highest BCUT2D eigenvalue weighted by molar-refractivity contribution is 6.08. The lowest BCUT2D eigenvalue weighted by atomic mass is 9.75. The molecule has 0 aromatic rings. The van der Waals surface area contributed by atoms with Crippen LogP contribution >= 0.6 is 0 Å². The molecule has 2 radical (unpaired) electrons. The van der Waals surface area contributed by atoms with Crippen molar-refractivity contribution in [2.45, 2.75) is 45.3 Å². The smallest absolute Gasteiger partial charge is 0.0656 e. The molecule has 0 spiro atoms. The molecule has 1 fully saturated rings. The molecule has 56 valence electrons. The summed E-state index contributed by atoms with van der Waals surface area (Å²) < 4.78 is 0. The Morgan fingerprint density at radius 1 is 1.10 bits per heavy atom. The second-order valence-corrected chi connectivity index (χ2v) is 3.53. The number of hydrogen-bond donors (Lipinski definition) is 0. The summed E-state index contributed by atoms with van der Waals surface area (Å²) in [6.45, 7) is 2.30. The zero-order valence-electron chi connectivity index (χ0n) is 6.97. The summed E-state index contributed by atoms with van der Waals surface area (Å²) in [6.07, 6.45) is 7.91. The van der Waals surface area contributed by atoms with Gasteiger partial charge in [0.15, 0.2) is 0 Å². The Kier molecular flexibility index (Phi) is 3.31. The van der Waals surface area contributed by atoms with Crippen LogP contribution in [0.5, 0.6) is 0 Å². The predicted molar refractivity (Wildman–Crippen MR) is 46.3 cm³/mol. The van der Waals surface area contributed by atoms with Crippen molar-refractivity contribution in [1.82, 2.24) is 0 Å². The predicted octanol–water partition coefficient (Wildman–Crippen LogP) is 2.79. The van der Waals surface area contributed by atoms with E-state index in [1.54, 1.807) is 0 Å². The van der Waals surface area contributed by atoms with E-state index in [2.05, 4.69) is 6.92 Å². The van der Waals surface area contributed by atoms with Gasteiger partial charge in [-0.2, -0.15) is 0 Å². The molecule has 10 heavy (non-hydrogen) atoms. The lowest BCUT2D eigenvalue weighted by molar-refractivity contribution is 0.284. The highest BCUT2D eigenvalue weighted by Crippen LogP contribution is 2.31. The Hall–Kier alpha value is 0.0649. The van der Waals surface area contributed by atoms with Crippen LogP contribution in [0.25, 0.3) is 0 Å². The lowest BCUT2D eigenvalue weighted by Gasteiger charge is -2.26. The van der Waals surface area contributed by atoms with Crippen LogP contribution in [-0.2, 0) is 0 Å². The van der Waals surface area contributed by atoms with Gasteiger partial charge < -0.3 is 0 Å². The Bertz CT molecular complexity index is 70.7. The summed E-state index contributed by atoms with van der Waals surface area (Å²) in [5.74, 6) is 1.87. The van der Waals surface area contributed by atoms with Crippen molar-refractivity contribution in [2.24, 2.45) is 11.8 Å². The highest BCUT2D eigenvalue weighted by Gasteiger charge is 2.17. The third kappa shape index (κ3) is 2.03. The van der Waals surface area contributed by atoms with Gasteiger partial charge in [0.2, 0.25) is 0 Å². The Labute approximate surface area is 65.8 Å². The minimum Gasteiger partial charge on any atom is -0.0859 e. The van der Waals surface area contributed by atoms with Crippen LogP contribution in [0.2, 0.25) is 6.32 Å². The van der Waals surface area contributed by atoms with E-state index in [1.165, 1.54) is 32.1 Å². The summed E-state index contributed by atoms with van der Waals surface area (Å²) >= 11 is 0. The third-order valence-electron chi connectivity index (χ3n) is 2.88. The summed E-state index contributed by atoms with van der Waals surface area (Å²) in [6, 6.07) is 0. The monoisotopic (exact) mass is 136 g/mol. The average Bonchev–Trinajstić information content (AvgIpc) is 2.05. The molecule has 0 N–H and O–H groups in total. The lowest BCUT2D eigenvalue weighted by Crippen LogP contribution is -2.13. The van der Waals surface area contributed by atoms with Crippen molar-refractivity contribution in [2.75, 3.05) is 0 Å². The first-order valence-corrected chi connectivity index (χ1v) is 4.56. The fourth-order valence-corrected chi connectivity index (χ4v) is 1.88. The highest BCUT2D eigenvalue weighted by atomic mass is 14.2. The van der Waals surface area contributed by atoms with Crippen LogP contribution < -0.4 is 0 Å². The van der Waals surface area contributed by atoms with E-state index < -0.39 is 0 Å². The first-order chi connectivity index (χ1) is 4.86. The van der Waals surface area contributed by atoms with Crippen molar-refractivity contribution in [3.05, 3.63) is 0 Å². The van der Waals surface area contributed by atoms with Gasteiger partial charge >= 0.3 is 0 Å². The van der Waals surface area contributed by atoms with Crippen LogP contribution in [0.15, 0.2) is 0 Å². The summed E-state index contributed by atoms with van der Waals surface area (Å²) in [5.41, 5.74) is 0. The second-order valence-electron chi connectivity index (χ2n) is 3.53. The second kappa shape index (κ2) is 4.05. The quantitative estimate of drug-likeness (QED) is 0.512. The van der Waals surface area contributed by atoms with Crippen LogP contribution in [0.3, 0.4) is 0 Å². The minimum atomic E-state index is 0.850. The molecule has 1 rings (SSSR count). The van der Waals surface area contributed by atoms with E-state index in [0.717, 1.165) is 18.2 Å². The van der Waals surface area contributed by atoms with Crippen molar-refractivity contribution in [1.29, 1.82) is 0 Å². The van der Waals surface area contributed by atoms with E-state index in [4.69, 9.17) is 7.85 Å². The molecule has 1 heteroatoms. The molecule has 0 heterocycles. The van der Waals surface area contributed by atoms with Crippen LogP contribution in [-0.4, -0.2) is 7.85 Å². The summed E-state index contributed by atoms with van der Waals surface area (Å²) in [5, 5.41) is 0. The van der Waals surface area contributed by atoms with Gasteiger partial charge in [-0.1, -0.05) is 45.3 Å². The van der Waals surface area contributed by atoms with E-state index >= 15 is 0 Å². The molecule has 0 saturated heterocycles. The van der Waals surface area contributed by atoms with Crippen LogP contribution in [0.1, 0.15) is 39.0 Å². The molecule has 1 aliphatic rings. The summed E-state index contributed by atoms with van der Waals surface area (Å²) in [4.78, 5) is 0. The van der Waals surface area contributed by atoms with Crippen molar-refractivity contribution >= 4 is 7.85 Å². The van der Waals surface area contributed by atoms with Crippen LogP contribution in [0.4, 0.5) is 0 Å². The van der Waals surface area contributed by atoms with E-state index in [0.29, 0.717) is 0 Å². The van der Waals surface area contributed by atoms with Crippen molar-refractivity contribution in [3.8, 4) is 0 Å². The molecule has 0 nitrogen and oxygen atoms in total. The van der Waals surface area contributed by atoms with Gasteiger partial charge in [0, 0.05) is 0 Å². The molecular formula is C9H17B. The van der Waals surface area contributed by atoms with Gasteiger partial charge in [-0.25, -0.2) is 0 Å². The Morgan fingerprint density at radius 3 is 2.00 bits per heavy atom. The topological polar surface area (TPSA) is 0 Å². The molecular weight excluding hydrogens is 119 g/mol. The van der Waals surface area contributed by atoms with E-state index in [9.17, 15) is 0 Å². The molecule has 0 aromatic heterocycles. The normalized spacial score (nSPS) is 34.1. The molecule has 0 aliphatic heterocycles. The number of rotatable bonds is 2. The zero-order chi connectivity index (χ0) is 7.40. The van der Waals surface area contributed by atoms with Gasteiger partial charge in [0.1, 0.15) is 0 Å². The summed E-state index contributed by atoms with van der Waals surface area (Å²) in [7, 11) is 5.59. The number of hydrogen-bond acceptors (Lipinski definition) is 0. The fourth-order valence-electron chi connectivity index (χ4n) is 1.88. The van der Waals surface area contributed by atoms with Gasteiger partial charge in [0.25, 0.3) is 0 Å². The zero-order valence-corrected chi connectivity index (χ0v) is 6.97. The van der Waals surface area contributed by atoms with Gasteiger partial charge in [0.05, 0.1) is 7.85 Å². The standard InChI is InChI=1S/C9H17B/c1-2-8-3-5-9(7-10)6-4-8/h8-9H,2-7H2,1H3. The maximum absolute atomic E-state index is 5.59. The molecule has 0 atom stereocenters. The first-order valence-electron chi connectivity index (χ1n) is 4.56. The average molecular weight is 136 g/mol. The Balaban J connectivity index is 2.17. The largest absolute Gasteiger partial charge is 0.0859 e. The minimum absolute atomic E-state index is 0.850. The third-order valence-corrected chi connectivity index (χ3v) is 2.88. The maximum Gasteiger partial charge on any atom is 0.0656 e. The van der Waals surface area contributed by atoms with E-state index in [1.807, 2.05) is 0 Å². The Morgan fingerprint density at radius 2 is 1.60 bits per heavy atom.